The second-order valence-corrected chi connectivity index (χ2v) is 11.1. The van der Waals surface area contributed by atoms with Crippen molar-refractivity contribution in [3.8, 4) is 5.75 Å². The first-order valence-corrected chi connectivity index (χ1v) is 13.7. The Hall–Kier alpha value is -3.27. The van der Waals surface area contributed by atoms with Gasteiger partial charge in [0.05, 0.1) is 0 Å². The number of nitrogens with zero attached hydrogens (tertiary/aromatic N) is 1. The summed E-state index contributed by atoms with van der Waals surface area (Å²) >= 11 is 0.569. The molecule has 2 aromatic heterocycles. The average molecular weight is 554 g/mol. The maximum absolute atomic E-state index is 13.0. The number of amides is 1. The van der Waals surface area contributed by atoms with Gasteiger partial charge in [0.15, 0.2) is 0 Å². The van der Waals surface area contributed by atoms with Crippen molar-refractivity contribution in [2.45, 2.75) is 20.3 Å². The van der Waals surface area contributed by atoms with E-state index in [2.05, 4.69) is 15.3 Å². The molecule has 1 amide bonds. The predicted octanol–water partition coefficient (Wildman–Crippen LogP) is 1.41. The Morgan fingerprint density at radius 3 is 2.68 bits per heavy atom. The van der Waals surface area contributed by atoms with Crippen molar-refractivity contribution < 1.29 is 35.8 Å². The number of hydrogen-bond acceptors (Lipinski definition) is 8. The third-order valence-electron chi connectivity index (χ3n) is 4.69. The first-order valence-electron chi connectivity index (χ1n) is 9.98. The molecule has 34 heavy (non-hydrogen) atoms. The average Bonchev–Trinajstić information content (AvgIpc) is 3.15. The van der Waals surface area contributed by atoms with E-state index in [-0.39, 0.29) is 28.8 Å². The first kappa shape index (κ1) is 25.4. The third kappa shape index (κ3) is 5.61. The molecule has 13 heteroatoms. The molecule has 3 aromatic rings. The van der Waals surface area contributed by atoms with E-state index < -0.39 is 37.9 Å². The standard InChI is InChI=1S/C21H21AsClN3O8/c1-3-33-20(29)14(8-12-10-25-19-18(12)16(23)6-7-24-19)21(30)34-22(31,32)15-5-4-13(28)9-17(15)26-11(2)27/h4-7,9-10,14,28H,3,8H2,1-2H3,(H,24,25)(H,26,27)(H,31,32). The number of rotatable bonds is 8. The molecule has 0 spiro atoms. The van der Waals surface area contributed by atoms with Gasteiger partial charge in [0.2, 0.25) is 0 Å². The molecule has 3 rings (SSSR count). The molecule has 0 aliphatic rings. The summed E-state index contributed by atoms with van der Waals surface area (Å²) in [6.07, 6.45) is 2.76. The molecule has 4 N–H and O–H groups in total. The quantitative estimate of drug-likeness (QED) is 0.183. The molecule has 0 radical (unpaired) electrons. The van der Waals surface area contributed by atoms with Crippen LogP contribution in [0.5, 0.6) is 5.75 Å². The summed E-state index contributed by atoms with van der Waals surface area (Å²) in [5, 5.41) is 12.8. The van der Waals surface area contributed by atoms with Crippen LogP contribution in [0.3, 0.4) is 0 Å². The summed E-state index contributed by atoms with van der Waals surface area (Å²) in [6.45, 7) is 2.67. The van der Waals surface area contributed by atoms with E-state index in [1.165, 1.54) is 18.5 Å². The van der Waals surface area contributed by atoms with Crippen LogP contribution in [0.2, 0.25) is 5.02 Å². The number of benzene rings is 1. The van der Waals surface area contributed by atoms with Crippen LogP contribution in [-0.4, -0.2) is 57.8 Å². The monoisotopic (exact) mass is 553 g/mol. The van der Waals surface area contributed by atoms with Crippen LogP contribution in [0.15, 0.2) is 36.7 Å². The van der Waals surface area contributed by atoms with Gasteiger partial charge in [-0.05, 0) is 0 Å². The van der Waals surface area contributed by atoms with Crippen molar-refractivity contribution in [1.82, 2.24) is 9.97 Å². The Balaban J connectivity index is 1.94. The molecule has 0 saturated heterocycles. The molecule has 0 fully saturated rings. The van der Waals surface area contributed by atoms with Gasteiger partial charge in [0.25, 0.3) is 0 Å². The third-order valence-corrected chi connectivity index (χ3v) is 8.00. The molecule has 2 heterocycles. The van der Waals surface area contributed by atoms with E-state index >= 15 is 0 Å². The molecule has 11 nitrogen and oxygen atoms in total. The topological polar surface area (TPSA) is 168 Å². The molecular weight excluding hydrogens is 533 g/mol. The molecule has 2 atom stereocenters. The molecular formula is C21H21AsClN3O8. The first-order chi connectivity index (χ1) is 16.0. The van der Waals surface area contributed by atoms with Crippen LogP contribution in [0, 0.1) is 5.92 Å². The van der Waals surface area contributed by atoms with Crippen LogP contribution >= 0.6 is 11.6 Å². The van der Waals surface area contributed by atoms with Gasteiger partial charge in [0, 0.05) is 0 Å². The van der Waals surface area contributed by atoms with Gasteiger partial charge >= 0.3 is 202 Å². The van der Waals surface area contributed by atoms with Crippen molar-refractivity contribution in [3.05, 3.63) is 47.2 Å². The fourth-order valence-corrected chi connectivity index (χ4v) is 5.96. The Labute approximate surface area is 201 Å². The second-order valence-electron chi connectivity index (χ2n) is 7.15. The number of ether oxygens (including phenoxy) is 1. The Morgan fingerprint density at radius 2 is 2.00 bits per heavy atom. The summed E-state index contributed by atoms with van der Waals surface area (Å²) < 4.78 is 33.2. The predicted molar refractivity (Wildman–Crippen MR) is 122 cm³/mol. The van der Waals surface area contributed by atoms with Gasteiger partial charge in [-0.2, -0.15) is 0 Å². The molecule has 180 valence electrons. The van der Waals surface area contributed by atoms with Crippen LogP contribution < -0.4 is 9.67 Å². The Bertz CT molecular complexity index is 1310. The molecule has 0 aliphatic carbocycles. The van der Waals surface area contributed by atoms with Gasteiger partial charge in [-0.25, -0.2) is 0 Å². The fraction of sp³-hybridized carbons (Fsp3) is 0.238. The van der Waals surface area contributed by atoms with E-state index in [0.29, 0.717) is 21.6 Å². The number of carbonyl (C=O) groups excluding carboxylic acids is 3. The molecule has 1 aromatic carbocycles. The molecule has 0 aliphatic heterocycles. The zero-order valence-electron chi connectivity index (χ0n) is 18.1. The minimum atomic E-state index is -5.67. The summed E-state index contributed by atoms with van der Waals surface area (Å²) in [5.74, 6) is -4.70. The number of H-pyrrole nitrogens is 1. The van der Waals surface area contributed by atoms with Gasteiger partial charge in [0.1, 0.15) is 0 Å². The zero-order valence-corrected chi connectivity index (χ0v) is 20.7. The number of fused-ring (bicyclic) bond motifs is 1. The molecule has 2 unspecified atom stereocenters. The number of pyridine rings is 1. The number of phenolic OH excluding ortho intramolecular Hbond substituents is 1. The SMILES string of the molecule is CCOC(=O)C(Cc1c[nH]c2nccc(Cl)c12)C(=O)O[As](=O)(O)c1ccc(O)cc1NC(C)=O. The van der Waals surface area contributed by atoms with Crippen LogP contribution in [-0.2, 0) is 33.0 Å². The van der Waals surface area contributed by atoms with Crippen molar-refractivity contribution in [3.63, 3.8) is 0 Å². The van der Waals surface area contributed by atoms with Crippen LogP contribution in [0.1, 0.15) is 19.4 Å². The van der Waals surface area contributed by atoms with E-state index in [4.69, 9.17) is 20.1 Å². The number of phenols is 1. The number of aromatic amines is 1. The number of anilines is 1. The summed E-state index contributed by atoms with van der Waals surface area (Å²) in [5.41, 5.74) is 0.679. The number of carbonyl (C=O) groups is 3. The van der Waals surface area contributed by atoms with E-state index in [0.717, 1.165) is 25.1 Å². The Kier molecular flexibility index (Phi) is 7.71. The van der Waals surface area contributed by atoms with Crippen molar-refractivity contribution in [2.75, 3.05) is 11.9 Å². The zero-order chi connectivity index (χ0) is 25.0. The number of halogens is 1. The van der Waals surface area contributed by atoms with Gasteiger partial charge in [-0.1, -0.05) is 0 Å². The number of nitrogens with one attached hydrogen (secondary N) is 2. The maximum atomic E-state index is 13.0. The Morgan fingerprint density at radius 1 is 1.26 bits per heavy atom. The number of hydrogen-bond donors (Lipinski definition) is 4. The van der Waals surface area contributed by atoms with E-state index in [1.807, 2.05) is 0 Å². The van der Waals surface area contributed by atoms with E-state index in [1.54, 1.807) is 6.92 Å². The van der Waals surface area contributed by atoms with Gasteiger partial charge in [-0.3, -0.25) is 0 Å². The van der Waals surface area contributed by atoms with Crippen molar-refractivity contribution >= 4 is 64.7 Å². The van der Waals surface area contributed by atoms with Crippen molar-refractivity contribution in [2.24, 2.45) is 5.92 Å². The number of aromatic nitrogens is 2. The van der Waals surface area contributed by atoms with Crippen molar-refractivity contribution in [1.29, 1.82) is 0 Å². The second kappa shape index (κ2) is 10.3. The van der Waals surface area contributed by atoms with E-state index in [9.17, 15) is 27.3 Å². The summed E-state index contributed by atoms with van der Waals surface area (Å²) in [7, 11) is 0. The van der Waals surface area contributed by atoms with Crippen LogP contribution in [0.25, 0.3) is 11.0 Å². The van der Waals surface area contributed by atoms with Crippen LogP contribution in [0.4, 0.5) is 5.69 Å². The molecule has 0 bridgehead atoms. The fourth-order valence-electron chi connectivity index (χ4n) is 3.26. The number of esters is 1. The summed E-state index contributed by atoms with van der Waals surface area (Å²) in [6, 6.07) is 4.73. The minimum absolute atomic E-state index is 0.0365. The molecule has 0 saturated carbocycles. The normalized spacial score (nSPS) is 13.6. The number of aromatic hydroxyl groups is 1. The summed E-state index contributed by atoms with van der Waals surface area (Å²) in [4.78, 5) is 44.0. The van der Waals surface area contributed by atoms with Gasteiger partial charge < -0.3 is 0 Å². The van der Waals surface area contributed by atoms with Gasteiger partial charge in [-0.15, -0.1) is 0 Å².